The standard InChI is InChI=1S/C13H17FN2O3/c1-15(9-10-5-2-3-8-19-10)12-7-4-6-11(14)13(12)16(17)18/h4,6-7,10H,2-3,5,8-9H2,1H3. The second kappa shape index (κ2) is 5.97. The van der Waals surface area contributed by atoms with Crippen LogP contribution in [0.25, 0.3) is 0 Å². The first-order valence-electron chi connectivity index (χ1n) is 6.35. The minimum Gasteiger partial charge on any atom is -0.376 e. The van der Waals surface area contributed by atoms with Gasteiger partial charge in [-0.15, -0.1) is 0 Å². The summed E-state index contributed by atoms with van der Waals surface area (Å²) in [4.78, 5) is 12.0. The third kappa shape index (κ3) is 3.20. The summed E-state index contributed by atoms with van der Waals surface area (Å²) in [5.74, 6) is -0.807. The van der Waals surface area contributed by atoms with Crippen molar-refractivity contribution in [1.82, 2.24) is 0 Å². The number of anilines is 1. The molecule has 1 atom stereocenters. The topological polar surface area (TPSA) is 55.6 Å². The molecule has 0 aliphatic carbocycles. The summed E-state index contributed by atoms with van der Waals surface area (Å²) in [7, 11) is 1.72. The van der Waals surface area contributed by atoms with Crippen LogP contribution in [-0.2, 0) is 4.74 Å². The van der Waals surface area contributed by atoms with E-state index in [1.54, 1.807) is 18.0 Å². The van der Waals surface area contributed by atoms with Crippen molar-refractivity contribution in [3.05, 3.63) is 34.1 Å². The van der Waals surface area contributed by atoms with Gasteiger partial charge in [0.15, 0.2) is 0 Å². The van der Waals surface area contributed by atoms with Crippen LogP contribution in [0, 0.1) is 15.9 Å². The zero-order chi connectivity index (χ0) is 13.8. The van der Waals surface area contributed by atoms with E-state index in [4.69, 9.17) is 4.74 Å². The maximum Gasteiger partial charge on any atom is 0.327 e. The van der Waals surface area contributed by atoms with Crippen LogP contribution in [-0.4, -0.2) is 31.2 Å². The van der Waals surface area contributed by atoms with Crippen LogP contribution in [0.2, 0.25) is 0 Å². The van der Waals surface area contributed by atoms with E-state index >= 15 is 0 Å². The largest absolute Gasteiger partial charge is 0.376 e. The number of hydrogen-bond donors (Lipinski definition) is 0. The van der Waals surface area contributed by atoms with E-state index in [-0.39, 0.29) is 6.10 Å². The fourth-order valence-corrected chi connectivity index (χ4v) is 2.35. The molecule has 1 aliphatic heterocycles. The van der Waals surface area contributed by atoms with Crippen LogP contribution in [0.5, 0.6) is 0 Å². The van der Waals surface area contributed by atoms with Crippen molar-refractivity contribution in [3.8, 4) is 0 Å². The fraction of sp³-hybridized carbons (Fsp3) is 0.538. The first kappa shape index (κ1) is 13.7. The smallest absolute Gasteiger partial charge is 0.327 e. The van der Waals surface area contributed by atoms with E-state index in [0.29, 0.717) is 12.2 Å². The Hall–Kier alpha value is -1.69. The van der Waals surface area contributed by atoms with Gasteiger partial charge in [-0.25, -0.2) is 0 Å². The normalized spacial score (nSPS) is 19.2. The van der Waals surface area contributed by atoms with Crippen molar-refractivity contribution in [1.29, 1.82) is 0 Å². The molecule has 1 aromatic carbocycles. The number of rotatable bonds is 4. The Morgan fingerprint density at radius 1 is 1.53 bits per heavy atom. The highest BCUT2D eigenvalue weighted by molar-refractivity contribution is 5.63. The number of nitrogens with zero attached hydrogens (tertiary/aromatic N) is 2. The second-order valence-electron chi connectivity index (χ2n) is 4.73. The van der Waals surface area contributed by atoms with Crippen molar-refractivity contribution in [2.75, 3.05) is 25.1 Å². The summed E-state index contributed by atoms with van der Waals surface area (Å²) in [5, 5.41) is 10.9. The molecular formula is C13H17FN2O3. The Morgan fingerprint density at radius 2 is 2.32 bits per heavy atom. The van der Waals surface area contributed by atoms with Gasteiger partial charge in [0.2, 0.25) is 5.82 Å². The molecule has 0 saturated carbocycles. The number of halogens is 1. The average molecular weight is 268 g/mol. The zero-order valence-electron chi connectivity index (χ0n) is 10.8. The van der Waals surface area contributed by atoms with Gasteiger partial charge in [-0.3, -0.25) is 10.1 Å². The molecule has 0 N–H and O–H groups in total. The molecule has 1 saturated heterocycles. The summed E-state index contributed by atoms with van der Waals surface area (Å²) >= 11 is 0. The van der Waals surface area contributed by atoms with Gasteiger partial charge in [-0.05, 0) is 31.4 Å². The van der Waals surface area contributed by atoms with Gasteiger partial charge in [0.25, 0.3) is 0 Å². The van der Waals surface area contributed by atoms with E-state index < -0.39 is 16.4 Å². The third-order valence-electron chi connectivity index (χ3n) is 3.31. The van der Waals surface area contributed by atoms with E-state index in [9.17, 15) is 14.5 Å². The van der Waals surface area contributed by atoms with Gasteiger partial charge in [-0.1, -0.05) is 6.07 Å². The molecule has 0 bridgehead atoms. The Labute approximate surface area is 111 Å². The maximum absolute atomic E-state index is 13.5. The number of likely N-dealkylation sites (N-methyl/N-ethyl adjacent to an activating group) is 1. The number of nitro groups is 1. The lowest BCUT2D eigenvalue weighted by atomic mass is 10.1. The maximum atomic E-state index is 13.5. The number of benzene rings is 1. The van der Waals surface area contributed by atoms with Crippen LogP contribution in [0.3, 0.4) is 0 Å². The summed E-state index contributed by atoms with van der Waals surface area (Å²) in [5.41, 5.74) is -0.181. The van der Waals surface area contributed by atoms with Gasteiger partial charge >= 0.3 is 5.69 Å². The molecule has 19 heavy (non-hydrogen) atoms. The highest BCUT2D eigenvalue weighted by Crippen LogP contribution is 2.30. The van der Waals surface area contributed by atoms with Crippen molar-refractivity contribution in [2.45, 2.75) is 25.4 Å². The number of hydrogen-bond acceptors (Lipinski definition) is 4. The highest BCUT2D eigenvalue weighted by Gasteiger charge is 2.24. The molecule has 1 unspecified atom stereocenters. The number of para-hydroxylation sites is 1. The molecule has 6 heteroatoms. The summed E-state index contributed by atoms with van der Waals surface area (Å²) in [6.07, 6.45) is 3.15. The van der Waals surface area contributed by atoms with Crippen LogP contribution < -0.4 is 4.90 Å². The Kier molecular flexibility index (Phi) is 4.31. The number of ether oxygens (including phenoxy) is 1. The van der Waals surface area contributed by atoms with Crippen molar-refractivity contribution < 1.29 is 14.1 Å². The van der Waals surface area contributed by atoms with Crippen molar-refractivity contribution in [2.24, 2.45) is 0 Å². The number of nitro benzene ring substituents is 1. The molecule has 1 aromatic rings. The van der Waals surface area contributed by atoms with Crippen molar-refractivity contribution in [3.63, 3.8) is 0 Å². The van der Waals surface area contributed by atoms with Gasteiger partial charge < -0.3 is 9.64 Å². The molecule has 0 spiro atoms. The Morgan fingerprint density at radius 3 is 2.95 bits per heavy atom. The van der Waals surface area contributed by atoms with E-state index in [1.807, 2.05) is 0 Å². The predicted octanol–water partition coefficient (Wildman–Crippen LogP) is 2.74. The van der Waals surface area contributed by atoms with Gasteiger partial charge in [0.1, 0.15) is 5.69 Å². The molecule has 5 nitrogen and oxygen atoms in total. The lowest BCUT2D eigenvalue weighted by Crippen LogP contribution is -2.33. The molecule has 1 aliphatic rings. The second-order valence-corrected chi connectivity index (χ2v) is 4.73. The van der Waals surface area contributed by atoms with Gasteiger partial charge in [0, 0.05) is 20.2 Å². The molecule has 104 valence electrons. The highest BCUT2D eigenvalue weighted by atomic mass is 19.1. The molecule has 0 amide bonds. The van der Waals surface area contributed by atoms with Crippen LogP contribution in [0.1, 0.15) is 19.3 Å². The first-order valence-corrected chi connectivity index (χ1v) is 6.35. The van der Waals surface area contributed by atoms with E-state index in [0.717, 1.165) is 31.9 Å². The molecule has 1 fully saturated rings. The van der Waals surface area contributed by atoms with Crippen LogP contribution in [0.4, 0.5) is 15.8 Å². The summed E-state index contributed by atoms with van der Waals surface area (Å²) in [6.45, 7) is 1.26. The van der Waals surface area contributed by atoms with Gasteiger partial charge in [-0.2, -0.15) is 4.39 Å². The van der Waals surface area contributed by atoms with E-state index in [2.05, 4.69) is 0 Å². The van der Waals surface area contributed by atoms with Gasteiger partial charge in [0.05, 0.1) is 11.0 Å². The lowest BCUT2D eigenvalue weighted by Gasteiger charge is -2.28. The molecule has 0 aromatic heterocycles. The van der Waals surface area contributed by atoms with Crippen LogP contribution in [0.15, 0.2) is 18.2 Å². The first-order chi connectivity index (χ1) is 9.09. The summed E-state index contributed by atoms with van der Waals surface area (Å²) in [6, 6.07) is 4.15. The predicted molar refractivity (Wildman–Crippen MR) is 69.9 cm³/mol. The molecule has 1 heterocycles. The van der Waals surface area contributed by atoms with Crippen LogP contribution >= 0.6 is 0 Å². The summed E-state index contributed by atoms with van der Waals surface area (Å²) < 4.78 is 19.1. The Bertz CT molecular complexity index is 461. The Balaban J connectivity index is 2.16. The molecule has 2 rings (SSSR count). The average Bonchev–Trinajstić information content (AvgIpc) is 2.39. The minimum atomic E-state index is -0.807. The third-order valence-corrected chi connectivity index (χ3v) is 3.31. The lowest BCUT2D eigenvalue weighted by molar-refractivity contribution is -0.386. The van der Waals surface area contributed by atoms with Crippen molar-refractivity contribution >= 4 is 11.4 Å². The molecular weight excluding hydrogens is 251 g/mol. The van der Waals surface area contributed by atoms with E-state index in [1.165, 1.54) is 6.07 Å². The quantitative estimate of drug-likeness (QED) is 0.622. The zero-order valence-corrected chi connectivity index (χ0v) is 10.8. The monoisotopic (exact) mass is 268 g/mol. The SMILES string of the molecule is CN(CC1CCCCO1)c1cccc(F)c1[N+](=O)[O-]. The minimum absolute atomic E-state index is 0.0571. The molecule has 0 radical (unpaired) electrons. The fourth-order valence-electron chi connectivity index (χ4n) is 2.35.